The summed E-state index contributed by atoms with van der Waals surface area (Å²) in [4.78, 5) is 57.0. The summed E-state index contributed by atoms with van der Waals surface area (Å²) < 4.78 is 4.96. The lowest BCUT2D eigenvalue weighted by Gasteiger charge is -2.22. The molecule has 0 saturated heterocycles. The van der Waals surface area contributed by atoms with E-state index in [9.17, 15) is 24.0 Å². The van der Waals surface area contributed by atoms with E-state index in [0.717, 1.165) is 11.3 Å². The van der Waals surface area contributed by atoms with Crippen LogP contribution in [0.15, 0.2) is 24.3 Å². The van der Waals surface area contributed by atoms with E-state index in [1.807, 2.05) is 0 Å². The molecule has 0 bridgehead atoms. The van der Waals surface area contributed by atoms with Gasteiger partial charge in [0.2, 0.25) is 11.8 Å². The second kappa shape index (κ2) is 16.1. The Kier molecular flexibility index (Phi) is 13.4. The number of nitrogens with one attached hydrogen (secondary N) is 4. The first-order chi connectivity index (χ1) is 16.2. The number of unbranched alkanes of at least 4 members (excludes halogenated alkanes) is 1. The highest BCUT2D eigenvalue weighted by Crippen LogP contribution is 2.13. The largest absolute Gasteiger partial charge is 0.461 e. The number of ketones is 1. The number of amides is 4. The quantitative estimate of drug-likeness (QED) is 0.136. The van der Waals surface area contributed by atoms with Gasteiger partial charge in [-0.2, -0.15) is 0 Å². The fourth-order valence-corrected chi connectivity index (χ4v) is 2.95. The van der Waals surface area contributed by atoms with E-state index < -0.39 is 12.2 Å². The van der Waals surface area contributed by atoms with Crippen molar-refractivity contribution < 1.29 is 28.7 Å². The molecule has 1 aromatic rings. The number of urea groups is 1. The van der Waals surface area contributed by atoms with Gasteiger partial charge in [0.15, 0.2) is 0 Å². The lowest BCUT2D eigenvalue weighted by Crippen LogP contribution is -2.45. The highest BCUT2D eigenvalue weighted by Gasteiger charge is 2.13. The predicted octanol–water partition coefficient (Wildman–Crippen LogP) is 1.32. The second-order valence-corrected chi connectivity index (χ2v) is 7.86. The third kappa shape index (κ3) is 14.4. The molecule has 0 spiro atoms. The van der Waals surface area contributed by atoms with Crippen LogP contribution >= 0.6 is 0 Å². The van der Waals surface area contributed by atoms with Crippen LogP contribution in [0.1, 0.15) is 57.9 Å². The lowest BCUT2D eigenvalue weighted by molar-refractivity contribution is -0.142. The van der Waals surface area contributed by atoms with Crippen molar-refractivity contribution in [3.05, 3.63) is 29.8 Å². The number of benzene rings is 1. The maximum atomic E-state index is 12.4. The van der Waals surface area contributed by atoms with Gasteiger partial charge in [0.25, 0.3) is 0 Å². The van der Waals surface area contributed by atoms with Gasteiger partial charge in [0.05, 0.1) is 12.7 Å². The summed E-state index contributed by atoms with van der Waals surface area (Å²) in [6, 6.07) is 6.56. The van der Waals surface area contributed by atoms with Crippen molar-refractivity contribution >= 4 is 35.3 Å². The Hall–Kier alpha value is -3.63. The summed E-state index contributed by atoms with van der Waals surface area (Å²) in [7, 11) is 0. The van der Waals surface area contributed by atoms with Gasteiger partial charge in [-0.3, -0.25) is 14.4 Å². The molecule has 34 heavy (non-hydrogen) atoms. The van der Waals surface area contributed by atoms with Crippen molar-refractivity contribution in [2.24, 2.45) is 5.73 Å². The summed E-state index contributed by atoms with van der Waals surface area (Å²) in [5.74, 6) is -0.901. The first-order valence-electron chi connectivity index (χ1n) is 11.2. The molecule has 1 atom stereocenters. The zero-order valence-corrected chi connectivity index (χ0v) is 19.8. The van der Waals surface area contributed by atoms with Crippen LogP contribution < -0.4 is 27.0 Å². The minimum absolute atomic E-state index is 0.0865. The Morgan fingerprint density at radius 3 is 2.21 bits per heavy atom. The average Bonchev–Trinajstić information content (AvgIpc) is 2.77. The SMILES string of the molecule is CC(=O)CCCCC(=O)NCC(=O)NC(CCCNC(N)=O)Nc1ccc(COC(C)=O)cc1. The first-order valence-corrected chi connectivity index (χ1v) is 11.2. The van der Waals surface area contributed by atoms with Crippen molar-refractivity contribution in [1.29, 1.82) is 0 Å². The number of carbonyl (C=O) groups is 5. The number of primary amides is 1. The van der Waals surface area contributed by atoms with Crippen LogP contribution in [0, 0.1) is 0 Å². The summed E-state index contributed by atoms with van der Waals surface area (Å²) >= 11 is 0. The molecule has 4 amide bonds. The Morgan fingerprint density at radius 1 is 0.912 bits per heavy atom. The maximum absolute atomic E-state index is 12.4. The van der Waals surface area contributed by atoms with E-state index in [2.05, 4.69) is 21.3 Å². The monoisotopic (exact) mass is 477 g/mol. The third-order valence-electron chi connectivity index (χ3n) is 4.67. The number of nitrogens with two attached hydrogens (primary N) is 1. The number of ether oxygens (including phenoxy) is 1. The number of carbonyl (C=O) groups excluding carboxylic acids is 5. The van der Waals surface area contributed by atoms with Gasteiger partial charge in [0, 0.05) is 32.0 Å². The molecule has 1 aromatic carbocycles. The van der Waals surface area contributed by atoms with Gasteiger partial charge in [0.1, 0.15) is 12.4 Å². The molecule has 0 aliphatic rings. The van der Waals surface area contributed by atoms with E-state index in [0.29, 0.717) is 38.6 Å². The molecule has 0 aliphatic carbocycles. The number of hydrogen-bond donors (Lipinski definition) is 5. The van der Waals surface area contributed by atoms with Crippen LogP contribution in [0.3, 0.4) is 0 Å². The fourth-order valence-electron chi connectivity index (χ4n) is 2.95. The normalized spacial score (nSPS) is 11.1. The van der Waals surface area contributed by atoms with Gasteiger partial charge < -0.3 is 36.5 Å². The molecule has 6 N–H and O–H groups in total. The Morgan fingerprint density at radius 2 is 1.59 bits per heavy atom. The second-order valence-electron chi connectivity index (χ2n) is 7.86. The third-order valence-corrected chi connectivity index (χ3v) is 4.67. The Labute approximate surface area is 199 Å². The standard InChI is InChI=1S/C23H35N5O6/c1-16(29)6-3-4-8-21(31)26-14-22(32)28-20(7-5-13-25-23(24)33)27-19-11-9-18(10-12-19)15-34-17(2)30/h9-12,20,27H,3-8,13-15H2,1-2H3,(H,26,31)(H,28,32)(H3,24,25,33). The summed E-state index contributed by atoms with van der Waals surface area (Å²) in [6.07, 6.45) is 2.48. The molecule has 1 unspecified atom stereocenters. The smallest absolute Gasteiger partial charge is 0.312 e. The Bertz CT molecular complexity index is 828. The molecule has 0 aliphatic heterocycles. The van der Waals surface area contributed by atoms with Crippen molar-refractivity contribution in [3.8, 4) is 0 Å². The highest BCUT2D eigenvalue weighted by atomic mass is 16.5. The molecular weight excluding hydrogens is 442 g/mol. The zero-order chi connectivity index (χ0) is 25.3. The van der Waals surface area contributed by atoms with Crippen LogP contribution in [0.5, 0.6) is 0 Å². The molecule has 0 radical (unpaired) electrons. The van der Waals surface area contributed by atoms with E-state index in [4.69, 9.17) is 10.5 Å². The summed E-state index contributed by atoms with van der Waals surface area (Å²) in [6.45, 7) is 3.19. The van der Waals surface area contributed by atoms with Gasteiger partial charge in [-0.1, -0.05) is 12.1 Å². The number of Topliss-reactive ketones (excluding diaryl/α,β-unsaturated/α-hetero) is 1. The highest BCUT2D eigenvalue weighted by molar-refractivity contribution is 5.85. The van der Waals surface area contributed by atoms with E-state index in [1.54, 1.807) is 24.3 Å². The van der Waals surface area contributed by atoms with Crippen LogP contribution in [0.2, 0.25) is 0 Å². The van der Waals surface area contributed by atoms with Crippen LogP contribution in [-0.2, 0) is 30.5 Å². The number of anilines is 1. The molecule has 1 rings (SSSR count). The number of hydrogen-bond acceptors (Lipinski definition) is 7. The van der Waals surface area contributed by atoms with Crippen LogP contribution in [0.4, 0.5) is 10.5 Å². The number of esters is 1. The molecule has 0 aromatic heterocycles. The lowest BCUT2D eigenvalue weighted by atomic mass is 10.1. The van der Waals surface area contributed by atoms with Crippen molar-refractivity contribution in [1.82, 2.24) is 16.0 Å². The molecular formula is C23H35N5O6. The van der Waals surface area contributed by atoms with Crippen LogP contribution in [0.25, 0.3) is 0 Å². The van der Waals surface area contributed by atoms with Crippen molar-refractivity contribution in [2.45, 2.75) is 65.1 Å². The number of rotatable bonds is 16. The maximum Gasteiger partial charge on any atom is 0.312 e. The predicted molar refractivity (Wildman–Crippen MR) is 126 cm³/mol. The zero-order valence-electron chi connectivity index (χ0n) is 19.8. The van der Waals surface area contributed by atoms with E-state index in [1.165, 1.54) is 13.8 Å². The molecule has 11 heteroatoms. The Balaban J connectivity index is 2.56. The average molecular weight is 478 g/mol. The van der Waals surface area contributed by atoms with Gasteiger partial charge in [-0.05, 0) is 50.3 Å². The molecule has 11 nitrogen and oxygen atoms in total. The topological polar surface area (TPSA) is 169 Å². The van der Waals surface area contributed by atoms with Gasteiger partial charge in [-0.25, -0.2) is 4.79 Å². The van der Waals surface area contributed by atoms with E-state index in [-0.39, 0.29) is 43.1 Å². The minimum Gasteiger partial charge on any atom is -0.461 e. The molecule has 0 saturated carbocycles. The summed E-state index contributed by atoms with van der Waals surface area (Å²) in [5.41, 5.74) is 6.62. The first kappa shape index (κ1) is 28.4. The fraction of sp³-hybridized carbons (Fsp3) is 0.522. The van der Waals surface area contributed by atoms with E-state index >= 15 is 0 Å². The van der Waals surface area contributed by atoms with Crippen molar-refractivity contribution in [2.75, 3.05) is 18.4 Å². The van der Waals surface area contributed by atoms with Gasteiger partial charge in [-0.15, -0.1) is 0 Å². The molecule has 188 valence electrons. The molecule has 0 heterocycles. The molecule has 0 fully saturated rings. The van der Waals surface area contributed by atoms with Gasteiger partial charge >= 0.3 is 12.0 Å². The van der Waals surface area contributed by atoms with Crippen LogP contribution in [-0.4, -0.2) is 48.9 Å². The minimum atomic E-state index is -0.622. The van der Waals surface area contributed by atoms with Crippen molar-refractivity contribution in [3.63, 3.8) is 0 Å². The summed E-state index contributed by atoms with van der Waals surface area (Å²) in [5, 5.41) is 11.1.